The summed E-state index contributed by atoms with van der Waals surface area (Å²) in [7, 11) is 0. The minimum atomic E-state index is -0.937. The van der Waals surface area contributed by atoms with Crippen LogP contribution in [0.15, 0.2) is 42.5 Å². The van der Waals surface area contributed by atoms with E-state index < -0.39 is 17.6 Å². The highest BCUT2D eigenvalue weighted by Crippen LogP contribution is 2.24. The molecule has 0 aliphatic carbocycles. The molecule has 4 N–H and O–H groups in total. The van der Waals surface area contributed by atoms with E-state index in [0.717, 1.165) is 6.07 Å². The number of nitrogen functional groups attached to an aromatic ring is 1. The smallest absolute Gasteiger partial charge is 0.314 e. The molecule has 2 rings (SSSR count). The standard InChI is InChI=1S/C14H11ClFN3O2/c15-11-7-9(17)4-5-12(11)19-14(21)13(20)18-10-3-1-2-8(16)6-10/h1-7H,17H2,(H,18,20)(H,19,21). The van der Waals surface area contributed by atoms with E-state index in [1.54, 1.807) is 0 Å². The first kappa shape index (κ1) is 14.8. The van der Waals surface area contributed by atoms with Crippen LogP contribution >= 0.6 is 11.6 Å². The van der Waals surface area contributed by atoms with Gasteiger partial charge in [0.05, 0.1) is 10.7 Å². The number of carbonyl (C=O) groups is 2. The molecule has 2 aromatic carbocycles. The van der Waals surface area contributed by atoms with Crippen molar-refractivity contribution in [1.29, 1.82) is 0 Å². The Balaban J connectivity index is 2.04. The van der Waals surface area contributed by atoms with Gasteiger partial charge in [-0.25, -0.2) is 4.39 Å². The molecule has 108 valence electrons. The second-order valence-electron chi connectivity index (χ2n) is 4.16. The van der Waals surface area contributed by atoms with Crippen molar-refractivity contribution in [3.05, 3.63) is 53.3 Å². The maximum Gasteiger partial charge on any atom is 0.314 e. The predicted octanol–water partition coefficient (Wildman–Crippen LogP) is 2.64. The monoisotopic (exact) mass is 307 g/mol. The summed E-state index contributed by atoms with van der Waals surface area (Å²) < 4.78 is 13.0. The van der Waals surface area contributed by atoms with Crippen LogP contribution < -0.4 is 16.4 Å². The summed E-state index contributed by atoms with van der Waals surface area (Å²) in [6, 6.07) is 9.66. The molecule has 0 aliphatic rings. The number of rotatable bonds is 2. The molecule has 2 amide bonds. The average molecular weight is 308 g/mol. The van der Waals surface area contributed by atoms with Crippen molar-refractivity contribution in [2.24, 2.45) is 0 Å². The van der Waals surface area contributed by atoms with Crippen molar-refractivity contribution in [2.45, 2.75) is 0 Å². The summed E-state index contributed by atoms with van der Waals surface area (Å²) in [5, 5.41) is 4.82. The van der Waals surface area contributed by atoms with E-state index in [0.29, 0.717) is 5.69 Å². The number of benzene rings is 2. The lowest BCUT2D eigenvalue weighted by Gasteiger charge is -2.08. The number of carbonyl (C=O) groups excluding carboxylic acids is 2. The maximum atomic E-state index is 13.0. The third kappa shape index (κ3) is 3.93. The van der Waals surface area contributed by atoms with E-state index in [1.807, 2.05) is 0 Å². The Morgan fingerprint density at radius 1 is 1.05 bits per heavy atom. The minimum absolute atomic E-state index is 0.179. The van der Waals surface area contributed by atoms with Crippen molar-refractivity contribution >= 4 is 40.5 Å². The van der Waals surface area contributed by atoms with Gasteiger partial charge in [0.2, 0.25) is 0 Å². The number of hydrogen-bond donors (Lipinski definition) is 3. The molecule has 21 heavy (non-hydrogen) atoms. The van der Waals surface area contributed by atoms with Crippen LogP contribution in [0, 0.1) is 5.82 Å². The first-order valence-corrected chi connectivity index (χ1v) is 6.26. The van der Waals surface area contributed by atoms with Gasteiger partial charge in [0.15, 0.2) is 0 Å². The molecule has 0 atom stereocenters. The second-order valence-corrected chi connectivity index (χ2v) is 4.57. The van der Waals surface area contributed by atoms with Crippen LogP contribution in [-0.4, -0.2) is 11.8 Å². The Kier molecular flexibility index (Phi) is 4.39. The number of anilines is 3. The first-order valence-electron chi connectivity index (χ1n) is 5.88. The van der Waals surface area contributed by atoms with E-state index in [-0.39, 0.29) is 16.4 Å². The second kappa shape index (κ2) is 6.23. The van der Waals surface area contributed by atoms with E-state index in [2.05, 4.69) is 10.6 Å². The lowest BCUT2D eigenvalue weighted by Crippen LogP contribution is -2.29. The van der Waals surface area contributed by atoms with Crippen molar-refractivity contribution in [2.75, 3.05) is 16.4 Å². The van der Waals surface area contributed by atoms with Gasteiger partial charge in [0.25, 0.3) is 0 Å². The summed E-state index contributed by atoms with van der Waals surface area (Å²) in [6.45, 7) is 0. The largest absolute Gasteiger partial charge is 0.399 e. The fourth-order valence-electron chi connectivity index (χ4n) is 1.57. The van der Waals surface area contributed by atoms with Crippen LogP contribution in [0.1, 0.15) is 0 Å². The molecule has 0 radical (unpaired) electrons. The van der Waals surface area contributed by atoms with Crippen LogP contribution in [0.3, 0.4) is 0 Å². The van der Waals surface area contributed by atoms with Crippen molar-refractivity contribution < 1.29 is 14.0 Å². The lowest BCUT2D eigenvalue weighted by atomic mass is 10.2. The fraction of sp³-hybridized carbons (Fsp3) is 0. The Morgan fingerprint density at radius 2 is 1.76 bits per heavy atom. The normalized spacial score (nSPS) is 10.0. The lowest BCUT2D eigenvalue weighted by molar-refractivity contribution is -0.132. The molecule has 0 spiro atoms. The third-order valence-corrected chi connectivity index (χ3v) is 2.84. The molecular formula is C14H11ClFN3O2. The Morgan fingerprint density at radius 3 is 2.43 bits per heavy atom. The number of nitrogens with two attached hydrogens (primary N) is 1. The molecule has 0 saturated carbocycles. The zero-order chi connectivity index (χ0) is 15.4. The fourth-order valence-corrected chi connectivity index (χ4v) is 1.80. The van der Waals surface area contributed by atoms with E-state index in [9.17, 15) is 14.0 Å². The predicted molar refractivity (Wildman–Crippen MR) is 79.5 cm³/mol. The quantitative estimate of drug-likeness (QED) is 0.589. The first-order chi connectivity index (χ1) is 9.95. The van der Waals surface area contributed by atoms with E-state index >= 15 is 0 Å². The SMILES string of the molecule is Nc1ccc(NC(=O)C(=O)Nc2cccc(F)c2)c(Cl)c1. The number of amides is 2. The summed E-state index contributed by atoms with van der Waals surface area (Å²) >= 11 is 5.88. The number of hydrogen-bond acceptors (Lipinski definition) is 3. The van der Waals surface area contributed by atoms with Crippen LogP contribution in [-0.2, 0) is 9.59 Å². The Hall–Kier alpha value is -2.60. The molecule has 0 aromatic heterocycles. The van der Waals surface area contributed by atoms with Crippen molar-refractivity contribution in [3.8, 4) is 0 Å². The Bertz CT molecular complexity index is 706. The molecule has 0 saturated heterocycles. The highest BCUT2D eigenvalue weighted by molar-refractivity contribution is 6.44. The average Bonchev–Trinajstić information content (AvgIpc) is 2.41. The molecule has 7 heteroatoms. The Labute approximate surface area is 124 Å². The maximum absolute atomic E-state index is 13.0. The van der Waals surface area contributed by atoms with Crippen LogP contribution in [0.4, 0.5) is 21.5 Å². The highest BCUT2D eigenvalue weighted by atomic mass is 35.5. The zero-order valence-corrected chi connectivity index (χ0v) is 11.4. The number of nitrogens with one attached hydrogen (secondary N) is 2. The summed E-state index contributed by atoms with van der Waals surface area (Å²) in [6.07, 6.45) is 0. The van der Waals surface area contributed by atoms with Gasteiger partial charge in [0, 0.05) is 11.4 Å². The van der Waals surface area contributed by atoms with Crippen LogP contribution in [0.5, 0.6) is 0 Å². The van der Waals surface area contributed by atoms with E-state index in [1.165, 1.54) is 36.4 Å². The van der Waals surface area contributed by atoms with Crippen LogP contribution in [0.2, 0.25) is 5.02 Å². The third-order valence-electron chi connectivity index (χ3n) is 2.53. The van der Waals surface area contributed by atoms with Crippen LogP contribution in [0.25, 0.3) is 0 Å². The topological polar surface area (TPSA) is 84.2 Å². The van der Waals surface area contributed by atoms with Gasteiger partial charge in [0.1, 0.15) is 5.82 Å². The molecule has 0 heterocycles. The van der Waals surface area contributed by atoms with Gasteiger partial charge < -0.3 is 16.4 Å². The molecule has 2 aromatic rings. The molecular weight excluding hydrogens is 297 g/mol. The summed E-state index contributed by atoms with van der Waals surface area (Å²) in [5.41, 5.74) is 6.39. The van der Waals surface area contributed by atoms with Gasteiger partial charge in [-0.05, 0) is 36.4 Å². The molecule has 0 fully saturated rings. The summed E-state index contributed by atoms with van der Waals surface area (Å²) in [5.74, 6) is -2.38. The number of halogens is 2. The summed E-state index contributed by atoms with van der Waals surface area (Å²) in [4.78, 5) is 23.4. The highest BCUT2D eigenvalue weighted by Gasteiger charge is 2.15. The molecule has 5 nitrogen and oxygen atoms in total. The molecule has 0 aliphatic heterocycles. The zero-order valence-electron chi connectivity index (χ0n) is 10.7. The van der Waals surface area contributed by atoms with Gasteiger partial charge >= 0.3 is 11.8 Å². The van der Waals surface area contributed by atoms with Gasteiger partial charge in [-0.3, -0.25) is 9.59 Å². The molecule has 0 unspecified atom stereocenters. The minimum Gasteiger partial charge on any atom is -0.399 e. The van der Waals surface area contributed by atoms with Crippen molar-refractivity contribution in [3.63, 3.8) is 0 Å². The molecule has 0 bridgehead atoms. The van der Waals surface area contributed by atoms with Gasteiger partial charge in [-0.2, -0.15) is 0 Å². The van der Waals surface area contributed by atoms with Crippen molar-refractivity contribution in [1.82, 2.24) is 0 Å². The van der Waals surface area contributed by atoms with E-state index in [4.69, 9.17) is 17.3 Å². The van der Waals surface area contributed by atoms with Gasteiger partial charge in [-0.15, -0.1) is 0 Å². The van der Waals surface area contributed by atoms with Gasteiger partial charge in [-0.1, -0.05) is 17.7 Å².